The van der Waals surface area contributed by atoms with E-state index >= 15 is 0 Å². The number of alkyl halides is 3. The van der Waals surface area contributed by atoms with Crippen LogP contribution in [0.15, 0.2) is 36.4 Å². The number of carbonyl (C=O) groups is 2. The summed E-state index contributed by atoms with van der Waals surface area (Å²) in [6, 6.07) is 8.71. The van der Waals surface area contributed by atoms with Gasteiger partial charge in [-0.3, -0.25) is 10.1 Å². The monoisotopic (exact) mass is 521 g/mol. The van der Waals surface area contributed by atoms with E-state index in [4.69, 9.17) is 85.9 Å². The highest BCUT2D eigenvalue weighted by Gasteiger charge is 2.38. The molecule has 1 N–H and O–H groups in total. The van der Waals surface area contributed by atoms with Crippen LogP contribution in [0.25, 0.3) is 0 Å². The number of ether oxygens (including phenoxy) is 1. The van der Waals surface area contributed by atoms with Crippen LogP contribution >= 0.6 is 81.2 Å². The predicted molar refractivity (Wildman–Crippen MR) is 116 cm³/mol. The number of ketones is 1. The van der Waals surface area contributed by atoms with Crippen molar-refractivity contribution < 1.29 is 14.3 Å². The van der Waals surface area contributed by atoms with Crippen molar-refractivity contribution in [1.82, 2.24) is 0 Å². The van der Waals surface area contributed by atoms with Crippen molar-refractivity contribution in [3.05, 3.63) is 62.1 Å². The molecule has 2 aromatic carbocycles. The highest BCUT2D eigenvalue weighted by atomic mass is 35.6. The molecule has 0 saturated carbocycles. The van der Waals surface area contributed by atoms with E-state index in [0.29, 0.717) is 15.7 Å². The number of amides is 1. The highest BCUT2D eigenvalue weighted by molar-refractivity contribution is 6.68. The van der Waals surface area contributed by atoms with Gasteiger partial charge in [-0.25, -0.2) is 4.79 Å². The van der Waals surface area contributed by atoms with Gasteiger partial charge in [0.05, 0.1) is 21.5 Å². The Morgan fingerprint density at radius 2 is 1.61 bits per heavy atom. The third-order valence-electron chi connectivity index (χ3n) is 3.38. The first-order valence-electron chi connectivity index (χ1n) is 7.45. The van der Waals surface area contributed by atoms with Crippen molar-refractivity contribution in [2.24, 2.45) is 0 Å². The zero-order valence-electron chi connectivity index (χ0n) is 13.6. The van der Waals surface area contributed by atoms with Crippen LogP contribution < -0.4 is 5.32 Å². The molecule has 2 rings (SSSR count). The van der Waals surface area contributed by atoms with E-state index in [1.807, 2.05) is 0 Å². The SMILES string of the molecule is O=C(Nc1ccc(Cl)c(Cl)c1)O[C@H](CC(=O)c1ccc(Cl)cc1Cl)C(Cl)(Cl)Cl. The number of anilines is 1. The maximum Gasteiger partial charge on any atom is 0.412 e. The molecule has 0 bridgehead atoms. The van der Waals surface area contributed by atoms with Gasteiger partial charge in [-0.1, -0.05) is 81.2 Å². The Morgan fingerprint density at radius 1 is 0.929 bits per heavy atom. The van der Waals surface area contributed by atoms with Crippen molar-refractivity contribution in [3.8, 4) is 0 Å². The van der Waals surface area contributed by atoms with Crippen molar-refractivity contribution in [2.75, 3.05) is 5.32 Å². The molecule has 0 radical (unpaired) electrons. The summed E-state index contributed by atoms with van der Waals surface area (Å²) in [5, 5.41) is 3.43. The summed E-state index contributed by atoms with van der Waals surface area (Å²) >= 11 is 41.1. The fraction of sp³-hybridized carbons (Fsp3) is 0.176. The van der Waals surface area contributed by atoms with Gasteiger partial charge in [-0.05, 0) is 36.4 Å². The highest BCUT2D eigenvalue weighted by Crippen LogP contribution is 2.36. The molecule has 0 aliphatic carbocycles. The summed E-state index contributed by atoms with van der Waals surface area (Å²) in [4.78, 5) is 24.7. The first-order valence-corrected chi connectivity index (χ1v) is 10.1. The first kappa shape index (κ1) is 23.7. The van der Waals surface area contributed by atoms with Crippen LogP contribution in [0.4, 0.5) is 10.5 Å². The lowest BCUT2D eigenvalue weighted by molar-refractivity contribution is 0.0812. The molecule has 0 spiro atoms. The van der Waals surface area contributed by atoms with Crippen LogP contribution in [0, 0.1) is 0 Å². The summed E-state index contributed by atoms with van der Waals surface area (Å²) in [7, 11) is 0. The number of carbonyl (C=O) groups excluding carboxylic acids is 2. The number of hydrogen-bond donors (Lipinski definition) is 1. The fourth-order valence-corrected chi connectivity index (χ4v) is 3.25. The van der Waals surface area contributed by atoms with E-state index in [0.717, 1.165) is 0 Å². The van der Waals surface area contributed by atoms with Crippen molar-refractivity contribution in [3.63, 3.8) is 0 Å². The molecular formula is C17H10Cl7NO3. The summed E-state index contributed by atoms with van der Waals surface area (Å²) in [6.45, 7) is 0. The van der Waals surface area contributed by atoms with Gasteiger partial charge in [-0.15, -0.1) is 0 Å². The van der Waals surface area contributed by atoms with E-state index in [2.05, 4.69) is 5.32 Å². The van der Waals surface area contributed by atoms with Crippen LogP contribution in [-0.2, 0) is 4.74 Å². The molecule has 0 unspecified atom stereocenters. The van der Waals surface area contributed by atoms with Crippen LogP contribution in [0.3, 0.4) is 0 Å². The van der Waals surface area contributed by atoms with E-state index < -0.39 is 28.2 Å². The molecule has 0 aromatic heterocycles. The quantitative estimate of drug-likeness (QED) is 0.320. The van der Waals surface area contributed by atoms with Crippen LogP contribution in [0.2, 0.25) is 20.1 Å². The van der Waals surface area contributed by atoms with Crippen molar-refractivity contribution >= 4 is 98.8 Å². The van der Waals surface area contributed by atoms with E-state index in [9.17, 15) is 9.59 Å². The fourth-order valence-electron chi connectivity index (χ4n) is 2.07. The molecule has 0 aliphatic rings. The second-order valence-electron chi connectivity index (χ2n) is 5.44. The van der Waals surface area contributed by atoms with Gasteiger partial charge in [0.2, 0.25) is 3.79 Å². The Kier molecular flexibility index (Phi) is 8.41. The van der Waals surface area contributed by atoms with Gasteiger partial charge in [-0.2, -0.15) is 0 Å². The normalized spacial score (nSPS) is 12.4. The minimum absolute atomic E-state index is 0.126. The summed E-state index contributed by atoms with van der Waals surface area (Å²) in [5.74, 6) is -0.500. The first-order chi connectivity index (χ1) is 13.0. The molecule has 28 heavy (non-hydrogen) atoms. The third-order valence-corrected chi connectivity index (χ3v) is 5.40. The van der Waals surface area contributed by atoms with Gasteiger partial charge in [0, 0.05) is 16.3 Å². The Balaban J connectivity index is 2.11. The largest absolute Gasteiger partial charge is 0.441 e. The van der Waals surface area contributed by atoms with Crippen LogP contribution in [0.5, 0.6) is 0 Å². The standard InChI is InChI=1S/C17H10Cl7NO3/c18-8-1-3-10(12(20)5-8)14(26)7-15(17(22,23)24)28-16(27)25-9-2-4-11(19)13(21)6-9/h1-6,15H,7H2,(H,25,27)/t15-/m1/s1. The average molecular weight is 524 g/mol. The van der Waals surface area contributed by atoms with Gasteiger partial charge in [0.15, 0.2) is 11.9 Å². The number of nitrogens with one attached hydrogen (secondary N) is 1. The lowest BCUT2D eigenvalue weighted by Gasteiger charge is -2.24. The number of hydrogen-bond acceptors (Lipinski definition) is 3. The van der Waals surface area contributed by atoms with E-state index in [1.54, 1.807) is 0 Å². The van der Waals surface area contributed by atoms with Crippen LogP contribution in [0.1, 0.15) is 16.8 Å². The zero-order chi connectivity index (χ0) is 21.1. The lowest BCUT2D eigenvalue weighted by Crippen LogP contribution is -2.35. The van der Waals surface area contributed by atoms with E-state index in [-0.39, 0.29) is 15.6 Å². The average Bonchev–Trinajstić information content (AvgIpc) is 2.56. The molecule has 150 valence electrons. The summed E-state index contributed by atoms with van der Waals surface area (Å²) in [6.07, 6.45) is -2.77. The molecule has 0 aliphatic heterocycles. The Labute approximate surface area is 195 Å². The van der Waals surface area contributed by atoms with Gasteiger partial charge < -0.3 is 4.74 Å². The molecule has 11 heteroatoms. The molecule has 4 nitrogen and oxygen atoms in total. The maximum absolute atomic E-state index is 12.5. The minimum atomic E-state index is -2.07. The molecule has 0 heterocycles. The Bertz CT molecular complexity index is 899. The third kappa shape index (κ3) is 6.74. The molecule has 2 aromatic rings. The molecule has 0 saturated heterocycles. The second kappa shape index (κ2) is 9.94. The molecular weight excluding hydrogens is 514 g/mol. The predicted octanol–water partition coefficient (Wildman–Crippen LogP) is 7.86. The van der Waals surface area contributed by atoms with Gasteiger partial charge >= 0.3 is 6.09 Å². The van der Waals surface area contributed by atoms with E-state index in [1.165, 1.54) is 36.4 Å². The summed E-state index contributed by atoms with van der Waals surface area (Å²) in [5.41, 5.74) is 0.452. The molecule has 1 atom stereocenters. The Hall–Kier alpha value is -0.590. The molecule has 0 fully saturated rings. The van der Waals surface area contributed by atoms with Crippen LogP contribution in [-0.4, -0.2) is 21.8 Å². The molecule has 1 amide bonds. The maximum atomic E-state index is 12.5. The second-order valence-corrected chi connectivity index (χ2v) is 9.47. The number of rotatable bonds is 5. The smallest absolute Gasteiger partial charge is 0.412 e. The summed E-state index contributed by atoms with van der Waals surface area (Å²) < 4.78 is 3.07. The number of benzene rings is 2. The topological polar surface area (TPSA) is 55.4 Å². The van der Waals surface area contributed by atoms with Crippen molar-refractivity contribution in [1.29, 1.82) is 0 Å². The number of halogens is 7. The Morgan fingerprint density at radius 3 is 2.18 bits per heavy atom. The van der Waals surface area contributed by atoms with Gasteiger partial charge in [0.25, 0.3) is 0 Å². The minimum Gasteiger partial charge on any atom is -0.441 e. The number of Topliss-reactive ketones (excluding diaryl/α,β-unsaturated/α-hetero) is 1. The zero-order valence-corrected chi connectivity index (χ0v) is 18.9. The van der Waals surface area contributed by atoms with Crippen molar-refractivity contribution in [2.45, 2.75) is 16.3 Å². The van der Waals surface area contributed by atoms with Gasteiger partial charge in [0.1, 0.15) is 0 Å². The lowest BCUT2D eigenvalue weighted by atomic mass is 10.1.